The molecule has 0 N–H and O–H groups in total. The molecule has 5 rings (SSSR count). The predicted molar refractivity (Wildman–Crippen MR) is 132 cm³/mol. The SMILES string of the molecule is CCc1ccccc1C1(c2ccccc2CC)c2ccccc2N(C)c2ccccc21. The molecule has 1 nitrogen and oxygen atoms in total. The summed E-state index contributed by atoms with van der Waals surface area (Å²) in [6.07, 6.45) is 2.01. The topological polar surface area (TPSA) is 3.24 Å². The summed E-state index contributed by atoms with van der Waals surface area (Å²) in [7, 11) is 2.19. The van der Waals surface area contributed by atoms with Crippen LogP contribution in [-0.2, 0) is 18.3 Å². The molecule has 0 saturated carbocycles. The molecule has 0 aromatic heterocycles. The van der Waals surface area contributed by atoms with Gasteiger partial charge in [0.05, 0.1) is 5.41 Å². The van der Waals surface area contributed by atoms with Crippen molar-refractivity contribution in [3.63, 3.8) is 0 Å². The Kier molecular flexibility index (Phi) is 4.90. The van der Waals surface area contributed by atoms with Gasteiger partial charge in [-0.15, -0.1) is 0 Å². The van der Waals surface area contributed by atoms with Crippen molar-refractivity contribution in [3.05, 3.63) is 130 Å². The quantitative estimate of drug-likeness (QED) is 0.346. The summed E-state index contributed by atoms with van der Waals surface area (Å²) in [5.74, 6) is 0. The fraction of sp³-hybridized carbons (Fsp3) is 0.200. The maximum absolute atomic E-state index is 2.35. The Bertz CT molecular complexity index is 1110. The van der Waals surface area contributed by atoms with E-state index in [9.17, 15) is 0 Å². The van der Waals surface area contributed by atoms with E-state index in [0.717, 1.165) is 12.8 Å². The summed E-state index contributed by atoms with van der Waals surface area (Å²) in [6, 6.07) is 36.0. The van der Waals surface area contributed by atoms with E-state index in [0.29, 0.717) is 0 Å². The fourth-order valence-electron chi connectivity index (χ4n) is 5.56. The van der Waals surface area contributed by atoms with Crippen LogP contribution in [0.3, 0.4) is 0 Å². The van der Waals surface area contributed by atoms with E-state index in [1.165, 1.54) is 44.8 Å². The maximum Gasteiger partial charge on any atom is 0.0747 e. The molecular weight excluding hydrogens is 374 g/mol. The number of aryl methyl sites for hydroxylation is 2. The molecule has 1 aliphatic heterocycles. The van der Waals surface area contributed by atoms with Gasteiger partial charge in [0.2, 0.25) is 0 Å². The third kappa shape index (κ3) is 2.76. The van der Waals surface area contributed by atoms with Crippen molar-refractivity contribution in [2.24, 2.45) is 0 Å². The molecule has 0 aliphatic carbocycles. The van der Waals surface area contributed by atoms with Crippen molar-refractivity contribution in [2.45, 2.75) is 32.1 Å². The molecule has 0 amide bonds. The van der Waals surface area contributed by atoms with Crippen LogP contribution in [0.5, 0.6) is 0 Å². The Morgan fingerprint density at radius 2 is 0.871 bits per heavy atom. The molecule has 4 aromatic carbocycles. The number of rotatable bonds is 4. The average molecular weight is 404 g/mol. The zero-order valence-corrected chi connectivity index (χ0v) is 18.6. The molecule has 0 bridgehead atoms. The Balaban J connectivity index is 2.04. The van der Waals surface area contributed by atoms with Crippen molar-refractivity contribution in [2.75, 3.05) is 11.9 Å². The van der Waals surface area contributed by atoms with E-state index >= 15 is 0 Å². The Morgan fingerprint density at radius 3 is 1.29 bits per heavy atom. The first-order valence-electron chi connectivity index (χ1n) is 11.3. The van der Waals surface area contributed by atoms with E-state index in [2.05, 4.69) is 123 Å². The molecule has 0 unspecified atom stereocenters. The first kappa shape index (κ1) is 19.6. The number of fused-ring (bicyclic) bond motifs is 2. The second-order valence-corrected chi connectivity index (χ2v) is 8.36. The first-order chi connectivity index (χ1) is 15.2. The van der Waals surface area contributed by atoms with Gasteiger partial charge in [0, 0.05) is 18.4 Å². The van der Waals surface area contributed by atoms with Crippen molar-refractivity contribution < 1.29 is 0 Å². The Labute approximate surface area is 186 Å². The van der Waals surface area contributed by atoms with E-state index < -0.39 is 0 Å². The van der Waals surface area contributed by atoms with Crippen LogP contribution in [0.1, 0.15) is 47.2 Å². The number of hydrogen-bond acceptors (Lipinski definition) is 1. The van der Waals surface area contributed by atoms with Crippen molar-refractivity contribution in [1.82, 2.24) is 0 Å². The monoisotopic (exact) mass is 403 g/mol. The van der Waals surface area contributed by atoms with Gasteiger partial charge in [-0.2, -0.15) is 0 Å². The maximum atomic E-state index is 2.35. The minimum Gasteiger partial charge on any atom is -0.344 e. The van der Waals surface area contributed by atoms with Crippen LogP contribution >= 0.6 is 0 Å². The van der Waals surface area contributed by atoms with Crippen LogP contribution in [0.4, 0.5) is 11.4 Å². The van der Waals surface area contributed by atoms with Crippen molar-refractivity contribution >= 4 is 11.4 Å². The van der Waals surface area contributed by atoms with Crippen LogP contribution in [0.2, 0.25) is 0 Å². The Morgan fingerprint density at radius 1 is 0.516 bits per heavy atom. The number of para-hydroxylation sites is 2. The van der Waals surface area contributed by atoms with E-state index in [4.69, 9.17) is 0 Å². The molecule has 1 heteroatoms. The van der Waals surface area contributed by atoms with Gasteiger partial charge in [-0.1, -0.05) is 98.8 Å². The van der Waals surface area contributed by atoms with Crippen molar-refractivity contribution in [1.29, 1.82) is 0 Å². The molecule has 0 atom stereocenters. The minimum atomic E-state index is -0.348. The normalized spacial score (nSPS) is 14.1. The van der Waals surface area contributed by atoms with Crippen LogP contribution in [-0.4, -0.2) is 7.05 Å². The van der Waals surface area contributed by atoms with Gasteiger partial charge >= 0.3 is 0 Å². The third-order valence-electron chi connectivity index (χ3n) is 6.94. The molecule has 154 valence electrons. The van der Waals surface area contributed by atoms with Gasteiger partial charge in [-0.3, -0.25) is 0 Å². The number of anilines is 2. The van der Waals surface area contributed by atoms with E-state index in [1.54, 1.807) is 0 Å². The summed E-state index contributed by atoms with van der Waals surface area (Å²) in [5.41, 5.74) is 10.5. The summed E-state index contributed by atoms with van der Waals surface area (Å²) in [5, 5.41) is 0. The van der Waals surface area contributed by atoms with Gasteiger partial charge in [-0.25, -0.2) is 0 Å². The van der Waals surface area contributed by atoms with Gasteiger partial charge in [0.1, 0.15) is 0 Å². The van der Waals surface area contributed by atoms with Crippen LogP contribution in [0.25, 0.3) is 0 Å². The highest BCUT2D eigenvalue weighted by atomic mass is 15.1. The molecule has 31 heavy (non-hydrogen) atoms. The fourth-order valence-corrected chi connectivity index (χ4v) is 5.56. The molecule has 1 aliphatic rings. The largest absolute Gasteiger partial charge is 0.344 e. The van der Waals surface area contributed by atoms with Gasteiger partial charge in [0.25, 0.3) is 0 Å². The smallest absolute Gasteiger partial charge is 0.0747 e. The lowest BCUT2D eigenvalue weighted by Gasteiger charge is -2.46. The molecule has 0 fully saturated rings. The summed E-state index contributed by atoms with van der Waals surface area (Å²) < 4.78 is 0. The Hall–Kier alpha value is -3.32. The van der Waals surface area contributed by atoms with Crippen LogP contribution < -0.4 is 4.90 Å². The lowest BCUT2D eigenvalue weighted by molar-refractivity contribution is 0.706. The second kappa shape index (κ2) is 7.74. The summed E-state index contributed by atoms with van der Waals surface area (Å²) in [6.45, 7) is 4.54. The van der Waals surface area contributed by atoms with Crippen molar-refractivity contribution in [3.8, 4) is 0 Å². The molecule has 0 radical (unpaired) electrons. The first-order valence-corrected chi connectivity index (χ1v) is 11.3. The molecule has 0 saturated heterocycles. The molecule has 0 spiro atoms. The van der Waals surface area contributed by atoms with E-state index in [-0.39, 0.29) is 5.41 Å². The highest BCUT2D eigenvalue weighted by molar-refractivity contribution is 5.83. The zero-order chi connectivity index (χ0) is 21.4. The van der Waals surface area contributed by atoms with Gasteiger partial charge in [0.15, 0.2) is 0 Å². The number of hydrogen-bond donors (Lipinski definition) is 0. The van der Waals surface area contributed by atoms with Crippen LogP contribution in [0.15, 0.2) is 97.1 Å². The highest BCUT2D eigenvalue weighted by Gasteiger charge is 2.46. The number of benzene rings is 4. The minimum absolute atomic E-state index is 0.348. The summed E-state index contributed by atoms with van der Waals surface area (Å²) in [4.78, 5) is 2.35. The third-order valence-corrected chi connectivity index (χ3v) is 6.94. The lowest BCUT2D eigenvalue weighted by Crippen LogP contribution is -2.39. The molecular formula is C30H29N. The molecule has 4 aromatic rings. The standard InChI is InChI=1S/C30H29N/c1-4-22-14-6-8-16-24(22)30(25-17-9-7-15-23(25)5-2)26-18-10-12-20-28(26)31(3)29-21-13-11-19-27(29)30/h6-21H,4-5H2,1-3H3. The average Bonchev–Trinajstić information content (AvgIpc) is 2.85. The van der Waals surface area contributed by atoms with E-state index in [1.807, 2.05) is 0 Å². The van der Waals surface area contributed by atoms with Gasteiger partial charge in [-0.05, 0) is 58.4 Å². The predicted octanol–water partition coefficient (Wildman–Crippen LogP) is 7.28. The zero-order valence-electron chi connectivity index (χ0n) is 18.6. The number of nitrogens with zero attached hydrogens (tertiary/aromatic N) is 1. The second-order valence-electron chi connectivity index (χ2n) is 8.36. The summed E-state index contributed by atoms with van der Waals surface area (Å²) >= 11 is 0. The lowest BCUT2D eigenvalue weighted by atomic mass is 9.60. The van der Waals surface area contributed by atoms with Gasteiger partial charge < -0.3 is 4.90 Å². The highest BCUT2D eigenvalue weighted by Crippen LogP contribution is 2.56. The molecule has 1 heterocycles. The van der Waals surface area contributed by atoms with Crippen LogP contribution in [0, 0.1) is 0 Å².